The number of nitrogens with two attached hydrogens (primary N) is 1. The third kappa shape index (κ3) is 2.50. The highest BCUT2D eigenvalue weighted by molar-refractivity contribution is 6.08. The Balaban J connectivity index is 1.73. The fourth-order valence-corrected chi connectivity index (χ4v) is 2.36. The largest absolute Gasteiger partial charge is 0.454 e. The molecule has 2 heterocycles. The van der Waals surface area contributed by atoms with Gasteiger partial charge in [-0.1, -0.05) is 0 Å². The topological polar surface area (TPSA) is 123 Å². The summed E-state index contributed by atoms with van der Waals surface area (Å²) in [5, 5.41) is 4.79. The van der Waals surface area contributed by atoms with Crippen LogP contribution in [0.25, 0.3) is 0 Å². The molecule has 1 aromatic rings. The second-order valence-corrected chi connectivity index (χ2v) is 5.75. The van der Waals surface area contributed by atoms with Crippen LogP contribution in [-0.2, 0) is 9.59 Å². The highest BCUT2D eigenvalue weighted by Crippen LogP contribution is 2.38. The van der Waals surface area contributed by atoms with Gasteiger partial charge in [-0.3, -0.25) is 14.9 Å². The van der Waals surface area contributed by atoms with E-state index in [0.717, 1.165) is 4.90 Å². The number of nitrogens with zero attached hydrogens (tertiary/aromatic N) is 1. The molecule has 9 nitrogen and oxygen atoms in total. The molecule has 0 aromatic heterocycles. The molecule has 122 valence electrons. The minimum atomic E-state index is -1.09. The van der Waals surface area contributed by atoms with Crippen LogP contribution in [0.5, 0.6) is 11.5 Å². The van der Waals surface area contributed by atoms with Gasteiger partial charge < -0.3 is 25.4 Å². The van der Waals surface area contributed by atoms with Crippen molar-refractivity contribution in [3.63, 3.8) is 0 Å². The molecule has 1 saturated heterocycles. The molecule has 23 heavy (non-hydrogen) atoms. The number of amides is 4. The SMILES string of the molecule is CC1(C)C(=O)NC(=O)N1CC(=O)Nc1cc2c(cc1N)OCO2. The second-order valence-electron chi connectivity index (χ2n) is 5.75. The first kappa shape index (κ1) is 14.9. The zero-order valence-electron chi connectivity index (χ0n) is 12.6. The van der Waals surface area contributed by atoms with E-state index >= 15 is 0 Å². The van der Waals surface area contributed by atoms with Gasteiger partial charge in [0.1, 0.15) is 12.1 Å². The number of fused-ring (bicyclic) bond motifs is 1. The molecule has 1 aromatic carbocycles. The summed E-state index contributed by atoms with van der Waals surface area (Å²) in [6, 6.07) is 2.50. The number of benzene rings is 1. The molecule has 0 unspecified atom stereocenters. The molecule has 1 fully saturated rings. The van der Waals surface area contributed by atoms with Gasteiger partial charge in [-0.15, -0.1) is 0 Å². The third-order valence-corrected chi connectivity index (χ3v) is 3.82. The van der Waals surface area contributed by atoms with Crippen LogP contribution in [0.15, 0.2) is 12.1 Å². The van der Waals surface area contributed by atoms with Crippen molar-refractivity contribution < 1.29 is 23.9 Å². The maximum Gasteiger partial charge on any atom is 0.325 e. The molecule has 9 heteroatoms. The average molecular weight is 320 g/mol. The van der Waals surface area contributed by atoms with E-state index in [2.05, 4.69) is 10.6 Å². The Morgan fingerprint density at radius 1 is 1.35 bits per heavy atom. The van der Waals surface area contributed by atoms with Crippen molar-refractivity contribution in [3.05, 3.63) is 12.1 Å². The number of ether oxygens (including phenoxy) is 2. The van der Waals surface area contributed by atoms with Crippen LogP contribution < -0.4 is 25.8 Å². The van der Waals surface area contributed by atoms with Crippen LogP contribution in [0.2, 0.25) is 0 Å². The quantitative estimate of drug-likeness (QED) is 0.542. The minimum absolute atomic E-state index is 0.0937. The van der Waals surface area contributed by atoms with Gasteiger partial charge in [-0.2, -0.15) is 0 Å². The van der Waals surface area contributed by atoms with Crippen LogP contribution >= 0.6 is 0 Å². The minimum Gasteiger partial charge on any atom is -0.454 e. The lowest BCUT2D eigenvalue weighted by molar-refractivity contribution is -0.126. The van der Waals surface area contributed by atoms with E-state index in [1.165, 1.54) is 0 Å². The second kappa shape index (κ2) is 5.04. The van der Waals surface area contributed by atoms with Crippen molar-refractivity contribution in [1.82, 2.24) is 10.2 Å². The maximum atomic E-state index is 12.2. The highest BCUT2D eigenvalue weighted by Gasteiger charge is 2.46. The standard InChI is InChI=1S/C14H16N4O5/c1-14(2)12(20)17-13(21)18(14)5-11(19)16-8-4-10-9(3-7(8)15)22-6-23-10/h3-4H,5-6,15H2,1-2H3,(H,16,19)(H,17,20,21). The van der Waals surface area contributed by atoms with Gasteiger partial charge in [-0.25, -0.2) is 4.79 Å². The van der Waals surface area contributed by atoms with Crippen LogP contribution in [0.1, 0.15) is 13.8 Å². The van der Waals surface area contributed by atoms with E-state index in [-0.39, 0.29) is 13.3 Å². The Hall–Kier alpha value is -2.97. The van der Waals surface area contributed by atoms with E-state index in [1.807, 2.05) is 0 Å². The predicted molar refractivity (Wildman–Crippen MR) is 79.9 cm³/mol. The van der Waals surface area contributed by atoms with Crippen molar-refractivity contribution in [2.45, 2.75) is 19.4 Å². The number of hydrogen-bond donors (Lipinski definition) is 3. The zero-order chi connectivity index (χ0) is 16.8. The van der Waals surface area contributed by atoms with E-state index in [0.29, 0.717) is 22.9 Å². The van der Waals surface area contributed by atoms with Crippen LogP contribution in [0, 0.1) is 0 Å². The molecule has 0 aliphatic carbocycles. The molecule has 0 atom stereocenters. The Labute approximate surface area is 131 Å². The predicted octanol–water partition coefficient (Wildman–Crippen LogP) is 0.266. The third-order valence-electron chi connectivity index (χ3n) is 3.82. The van der Waals surface area contributed by atoms with E-state index in [1.54, 1.807) is 26.0 Å². The lowest BCUT2D eigenvalue weighted by atomic mass is 10.0. The number of anilines is 2. The molecule has 4 amide bonds. The molecule has 0 saturated carbocycles. The summed E-state index contributed by atoms with van der Waals surface area (Å²) in [6.07, 6.45) is 0. The first-order valence-corrected chi connectivity index (χ1v) is 6.91. The Bertz CT molecular complexity index is 715. The van der Waals surface area contributed by atoms with Gasteiger partial charge in [0.2, 0.25) is 12.7 Å². The molecule has 2 aliphatic rings. The number of urea groups is 1. The lowest BCUT2D eigenvalue weighted by Crippen LogP contribution is -2.47. The van der Waals surface area contributed by atoms with Gasteiger partial charge in [-0.05, 0) is 13.8 Å². The summed E-state index contributed by atoms with van der Waals surface area (Å²) < 4.78 is 10.4. The van der Waals surface area contributed by atoms with Gasteiger partial charge in [0, 0.05) is 12.1 Å². The summed E-state index contributed by atoms with van der Waals surface area (Å²) in [5.74, 6) is 0.0569. The summed E-state index contributed by atoms with van der Waals surface area (Å²) in [5.41, 5.74) is 5.43. The number of nitrogens with one attached hydrogen (secondary N) is 2. The number of carbonyl (C=O) groups is 3. The van der Waals surface area contributed by atoms with Gasteiger partial charge >= 0.3 is 6.03 Å². The van der Waals surface area contributed by atoms with Gasteiger partial charge in [0.25, 0.3) is 5.91 Å². The molecular weight excluding hydrogens is 304 g/mol. The number of hydrogen-bond acceptors (Lipinski definition) is 6. The van der Waals surface area contributed by atoms with E-state index in [9.17, 15) is 14.4 Å². The average Bonchev–Trinajstić information content (AvgIpc) is 2.98. The number of carbonyl (C=O) groups excluding carboxylic acids is 3. The van der Waals surface area contributed by atoms with Crippen molar-refractivity contribution in [2.24, 2.45) is 0 Å². The Kier molecular flexibility index (Phi) is 3.28. The number of rotatable bonds is 3. The fraction of sp³-hybridized carbons (Fsp3) is 0.357. The summed E-state index contributed by atoms with van der Waals surface area (Å²) in [4.78, 5) is 36.8. The Morgan fingerprint density at radius 2 is 2.00 bits per heavy atom. The smallest absolute Gasteiger partial charge is 0.325 e. The molecule has 3 rings (SSSR count). The zero-order valence-corrected chi connectivity index (χ0v) is 12.6. The van der Waals surface area contributed by atoms with Crippen molar-refractivity contribution in [2.75, 3.05) is 24.4 Å². The lowest BCUT2D eigenvalue weighted by Gasteiger charge is -2.27. The van der Waals surface area contributed by atoms with E-state index < -0.39 is 23.4 Å². The Morgan fingerprint density at radius 3 is 2.61 bits per heavy atom. The number of imide groups is 1. The van der Waals surface area contributed by atoms with Crippen molar-refractivity contribution in [3.8, 4) is 11.5 Å². The molecule has 0 spiro atoms. The van der Waals surface area contributed by atoms with Crippen LogP contribution in [0.4, 0.5) is 16.2 Å². The van der Waals surface area contributed by atoms with Crippen molar-refractivity contribution in [1.29, 1.82) is 0 Å². The number of nitrogen functional groups attached to an aromatic ring is 1. The van der Waals surface area contributed by atoms with Gasteiger partial charge in [0.05, 0.1) is 11.4 Å². The summed E-state index contributed by atoms with van der Waals surface area (Å²) in [7, 11) is 0. The molecular formula is C14H16N4O5. The van der Waals surface area contributed by atoms with E-state index in [4.69, 9.17) is 15.2 Å². The first-order valence-electron chi connectivity index (χ1n) is 6.91. The molecule has 0 bridgehead atoms. The van der Waals surface area contributed by atoms with Crippen LogP contribution in [0.3, 0.4) is 0 Å². The highest BCUT2D eigenvalue weighted by atomic mass is 16.7. The fourth-order valence-electron chi connectivity index (χ4n) is 2.36. The molecule has 0 radical (unpaired) electrons. The van der Waals surface area contributed by atoms with Crippen LogP contribution in [-0.4, -0.2) is 41.6 Å². The molecule has 4 N–H and O–H groups in total. The summed E-state index contributed by atoms with van der Waals surface area (Å²) in [6.45, 7) is 2.94. The summed E-state index contributed by atoms with van der Waals surface area (Å²) >= 11 is 0. The monoisotopic (exact) mass is 320 g/mol. The molecule has 2 aliphatic heterocycles. The van der Waals surface area contributed by atoms with Crippen molar-refractivity contribution >= 4 is 29.2 Å². The first-order chi connectivity index (χ1) is 10.8. The van der Waals surface area contributed by atoms with Gasteiger partial charge in [0.15, 0.2) is 11.5 Å². The maximum absolute atomic E-state index is 12.2. The normalized spacial score (nSPS) is 18.1.